The molecule has 0 unspecified atom stereocenters. The number of anilines is 1. The molecule has 0 bridgehead atoms. The number of nitrogens with one attached hydrogen (secondary N) is 1. The fourth-order valence-corrected chi connectivity index (χ4v) is 3.38. The largest absolute Gasteiger partial charge is 0.309 e. The summed E-state index contributed by atoms with van der Waals surface area (Å²) in [6.07, 6.45) is 1.41. The van der Waals surface area contributed by atoms with Crippen molar-refractivity contribution in [2.75, 3.05) is 11.1 Å². The molecule has 0 spiro atoms. The van der Waals surface area contributed by atoms with Crippen molar-refractivity contribution >= 4 is 46.7 Å². The molecule has 3 rings (SSSR count). The molecule has 0 aliphatic carbocycles. The van der Waals surface area contributed by atoms with Gasteiger partial charge in [-0.15, -0.1) is 5.10 Å². The van der Waals surface area contributed by atoms with Gasteiger partial charge in [0, 0.05) is 6.20 Å². The van der Waals surface area contributed by atoms with Crippen molar-refractivity contribution in [2.24, 2.45) is 0 Å². The summed E-state index contributed by atoms with van der Waals surface area (Å²) in [6, 6.07) is 7.49. The number of aryl methyl sites for hydroxylation is 2. The highest BCUT2D eigenvalue weighted by Crippen LogP contribution is 2.24. The molecule has 134 valence electrons. The molecule has 0 aliphatic rings. The second kappa shape index (κ2) is 8.03. The van der Waals surface area contributed by atoms with E-state index in [4.69, 9.17) is 23.2 Å². The van der Waals surface area contributed by atoms with Crippen LogP contribution in [-0.2, 0) is 4.79 Å². The summed E-state index contributed by atoms with van der Waals surface area (Å²) in [6.45, 7) is 4.01. The Morgan fingerprint density at radius 1 is 1.27 bits per heavy atom. The van der Waals surface area contributed by atoms with Crippen LogP contribution in [-0.4, -0.2) is 36.9 Å². The van der Waals surface area contributed by atoms with E-state index < -0.39 is 0 Å². The Morgan fingerprint density at radius 3 is 2.81 bits per heavy atom. The Kier molecular flexibility index (Phi) is 5.75. The van der Waals surface area contributed by atoms with Gasteiger partial charge in [0.1, 0.15) is 0 Å². The van der Waals surface area contributed by atoms with Gasteiger partial charge >= 0.3 is 0 Å². The van der Waals surface area contributed by atoms with Crippen molar-refractivity contribution < 1.29 is 4.79 Å². The fourth-order valence-electron chi connectivity index (χ4n) is 2.27. The molecule has 0 aliphatic heterocycles. The third-order valence-electron chi connectivity index (χ3n) is 3.42. The molecule has 0 atom stereocenters. The number of amides is 1. The quantitative estimate of drug-likeness (QED) is 0.647. The number of aromatic nitrogens is 5. The first-order valence-corrected chi connectivity index (χ1v) is 9.28. The molecule has 1 N–H and O–H groups in total. The maximum absolute atomic E-state index is 12.2. The number of benzene rings is 1. The van der Waals surface area contributed by atoms with E-state index in [1.807, 2.05) is 32.0 Å². The van der Waals surface area contributed by atoms with Gasteiger partial charge in [0.2, 0.25) is 11.1 Å². The molecule has 2 heterocycles. The van der Waals surface area contributed by atoms with Gasteiger partial charge in [-0.2, -0.15) is 4.68 Å². The van der Waals surface area contributed by atoms with Crippen LogP contribution in [0.5, 0.6) is 0 Å². The number of rotatable bonds is 5. The van der Waals surface area contributed by atoms with Crippen molar-refractivity contribution in [2.45, 2.75) is 19.0 Å². The lowest BCUT2D eigenvalue weighted by Crippen LogP contribution is -2.16. The van der Waals surface area contributed by atoms with Crippen molar-refractivity contribution in [3.05, 3.63) is 51.6 Å². The van der Waals surface area contributed by atoms with Crippen molar-refractivity contribution in [1.29, 1.82) is 0 Å². The molecule has 0 fully saturated rings. The lowest BCUT2D eigenvalue weighted by Gasteiger charge is -2.09. The van der Waals surface area contributed by atoms with Crippen LogP contribution in [0.25, 0.3) is 5.69 Å². The number of nitrogens with zero attached hydrogens (tertiary/aromatic N) is 5. The van der Waals surface area contributed by atoms with Gasteiger partial charge in [0.15, 0.2) is 5.82 Å². The van der Waals surface area contributed by atoms with Crippen molar-refractivity contribution in [3.8, 4) is 5.69 Å². The summed E-state index contributed by atoms with van der Waals surface area (Å²) >= 11 is 13.0. The standard InChI is InChI=1S/C16H14Cl2N6OS/c1-9-3-4-13(10(2)5-9)24-16(21-22-23-24)26-8-14(25)20-15-12(18)6-11(17)7-19-15/h3-7H,8H2,1-2H3,(H,19,20,25). The first-order chi connectivity index (χ1) is 12.4. The second-order valence-electron chi connectivity index (χ2n) is 5.48. The van der Waals surface area contributed by atoms with E-state index in [9.17, 15) is 4.79 Å². The van der Waals surface area contributed by atoms with Gasteiger partial charge < -0.3 is 5.32 Å². The molecule has 2 aromatic heterocycles. The second-order valence-corrected chi connectivity index (χ2v) is 7.27. The first-order valence-electron chi connectivity index (χ1n) is 7.54. The van der Waals surface area contributed by atoms with Gasteiger partial charge in [-0.1, -0.05) is 52.7 Å². The predicted octanol–water partition coefficient (Wildman–Crippen LogP) is 3.71. The zero-order valence-electron chi connectivity index (χ0n) is 13.9. The van der Waals surface area contributed by atoms with Crippen LogP contribution in [0.3, 0.4) is 0 Å². The summed E-state index contributed by atoms with van der Waals surface area (Å²) < 4.78 is 1.61. The number of halogens is 2. The monoisotopic (exact) mass is 408 g/mol. The highest BCUT2D eigenvalue weighted by molar-refractivity contribution is 7.99. The molecule has 1 aromatic carbocycles. The lowest BCUT2D eigenvalue weighted by atomic mass is 10.1. The zero-order valence-corrected chi connectivity index (χ0v) is 16.2. The Hall–Kier alpha value is -2.16. The average Bonchev–Trinajstić information content (AvgIpc) is 3.04. The number of thioether (sulfide) groups is 1. The maximum Gasteiger partial charge on any atom is 0.236 e. The van der Waals surface area contributed by atoms with Gasteiger partial charge in [0.25, 0.3) is 0 Å². The number of hydrogen-bond acceptors (Lipinski definition) is 6. The molecule has 3 aromatic rings. The Labute approximate surface area is 164 Å². The lowest BCUT2D eigenvalue weighted by molar-refractivity contribution is -0.113. The highest BCUT2D eigenvalue weighted by atomic mass is 35.5. The number of carbonyl (C=O) groups is 1. The minimum absolute atomic E-state index is 0.103. The molecule has 7 nitrogen and oxygen atoms in total. The van der Waals surface area contributed by atoms with Crippen molar-refractivity contribution in [1.82, 2.24) is 25.2 Å². The van der Waals surface area contributed by atoms with Gasteiger partial charge in [-0.05, 0) is 42.0 Å². The van der Waals surface area contributed by atoms with Crippen LogP contribution in [0, 0.1) is 13.8 Å². The summed E-state index contributed by atoms with van der Waals surface area (Å²) in [7, 11) is 0. The minimum atomic E-state index is -0.276. The smallest absolute Gasteiger partial charge is 0.236 e. The maximum atomic E-state index is 12.2. The SMILES string of the molecule is Cc1ccc(-n2nnnc2SCC(=O)Nc2ncc(Cl)cc2Cl)c(C)c1. The number of hydrogen-bond donors (Lipinski definition) is 1. The van der Waals surface area contributed by atoms with Crippen LogP contribution >= 0.6 is 35.0 Å². The Bertz CT molecular complexity index is 962. The number of pyridine rings is 1. The molecule has 0 saturated heterocycles. The number of carbonyl (C=O) groups excluding carboxylic acids is 1. The van der Waals surface area contributed by atoms with Crippen LogP contribution in [0.1, 0.15) is 11.1 Å². The third-order valence-corrected chi connectivity index (χ3v) is 4.83. The van der Waals surface area contributed by atoms with E-state index >= 15 is 0 Å². The molecular weight excluding hydrogens is 395 g/mol. The van der Waals surface area contributed by atoms with Gasteiger partial charge in [-0.25, -0.2) is 4.98 Å². The molecule has 10 heteroatoms. The van der Waals surface area contributed by atoms with E-state index in [0.29, 0.717) is 10.2 Å². The normalized spacial score (nSPS) is 10.8. The average molecular weight is 409 g/mol. The zero-order chi connectivity index (χ0) is 18.7. The third kappa shape index (κ3) is 4.32. The predicted molar refractivity (Wildman–Crippen MR) is 102 cm³/mol. The highest BCUT2D eigenvalue weighted by Gasteiger charge is 2.14. The van der Waals surface area contributed by atoms with Crippen LogP contribution in [0.2, 0.25) is 10.0 Å². The molecule has 0 saturated carbocycles. The summed E-state index contributed by atoms with van der Waals surface area (Å²) in [5.41, 5.74) is 3.06. The van der Waals surface area contributed by atoms with E-state index in [1.165, 1.54) is 24.0 Å². The fraction of sp³-hybridized carbons (Fsp3) is 0.188. The summed E-state index contributed by atoms with van der Waals surface area (Å²) in [5, 5.41) is 15.5. The van der Waals surface area contributed by atoms with Crippen molar-refractivity contribution in [3.63, 3.8) is 0 Å². The van der Waals surface area contributed by atoms with Gasteiger partial charge in [-0.3, -0.25) is 4.79 Å². The Morgan fingerprint density at radius 2 is 2.08 bits per heavy atom. The van der Waals surface area contributed by atoms with Gasteiger partial charge in [0.05, 0.1) is 21.5 Å². The minimum Gasteiger partial charge on any atom is -0.309 e. The van der Waals surface area contributed by atoms with E-state index in [-0.39, 0.29) is 22.5 Å². The van der Waals surface area contributed by atoms with Crippen LogP contribution in [0.4, 0.5) is 5.82 Å². The number of tetrazole rings is 1. The van der Waals surface area contributed by atoms with Crippen LogP contribution < -0.4 is 5.32 Å². The first kappa shape index (κ1) is 18.6. The molecule has 1 amide bonds. The molecule has 26 heavy (non-hydrogen) atoms. The van der Waals surface area contributed by atoms with Crippen LogP contribution in [0.15, 0.2) is 35.6 Å². The van der Waals surface area contributed by atoms with E-state index in [0.717, 1.165) is 16.8 Å². The molecule has 0 radical (unpaired) electrons. The summed E-state index contributed by atoms with van der Waals surface area (Å²) in [5.74, 6) is 0.0869. The van der Waals surface area contributed by atoms with E-state index in [2.05, 4.69) is 25.8 Å². The Balaban J connectivity index is 1.69. The topological polar surface area (TPSA) is 85.6 Å². The van der Waals surface area contributed by atoms with E-state index in [1.54, 1.807) is 4.68 Å². The molecular formula is C16H14Cl2N6OS. The summed E-state index contributed by atoms with van der Waals surface area (Å²) in [4.78, 5) is 16.2.